The Morgan fingerprint density at radius 1 is 1.71 bits per heavy atom. The molecule has 0 amide bonds. The number of cyclic esters (lactones) is 1. The van der Waals surface area contributed by atoms with Crippen LogP contribution in [0.2, 0.25) is 0 Å². The van der Waals surface area contributed by atoms with Crippen LogP contribution in [-0.4, -0.2) is 26.3 Å². The maximum atomic E-state index is 11.7. The topological polar surface area (TPSA) is 35.5 Å². The quantitative estimate of drug-likeness (QED) is 0.499. The van der Waals surface area contributed by atoms with E-state index in [1.165, 1.54) is 0 Å². The Hall–Kier alpha value is -0.830. The molecule has 76 valence electrons. The largest absolute Gasteiger partial charge is 0.464 e. The Balaban J connectivity index is 1.89. The molecule has 1 spiro atoms. The van der Waals surface area contributed by atoms with E-state index in [0.717, 1.165) is 12.8 Å². The first-order valence-corrected chi connectivity index (χ1v) is 5.11. The number of methoxy groups -OCH3 is 1. The molecule has 2 fully saturated rings. The standard InChI is InChI=1S/C11H14O3/c1-13-5-4-10-6-8-2-3-11(8,10)7-14-9(10)12/h2-3,8H,4-7H2,1H3/t8?,10-,11-/m0/s1. The van der Waals surface area contributed by atoms with E-state index in [1.54, 1.807) is 7.11 Å². The van der Waals surface area contributed by atoms with Crippen molar-refractivity contribution in [1.29, 1.82) is 0 Å². The molecule has 1 saturated carbocycles. The van der Waals surface area contributed by atoms with E-state index < -0.39 is 0 Å². The van der Waals surface area contributed by atoms with Crippen LogP contribution >= 0.6 is 0 Å². The van der Waals surface area contributed by atoms with E-state index in [1.807, 2.05) is 0 Å². The molecule has 1 unspecified atom stereocenters. The molecule has 3 atom stereocenters. The maximum absolute atomic E-state index is 11.7. The zero-order valence-electron chi connectivity index (χ0n) is 8.29. The van der Waals surface area contributed by atoms with Crippen molar-refractivity contribution in [2.45, 2.75) is 12.8 Å². The molecule has 1 aliphatic heterocycles. The third kappa shape index (κ3) is 0.650. The summed E-state index contributed by atoms with van der Waals surface area (Å²) in [5, 5.41) is 0. The SMILES string of the molecule is COCC[C@@]12CC3C=C[C@]31COC2=O. The van der Waals surface area contributed by atoms with Crippen molar-refractivity contribution >= 4 is 5.97 Å². The molecule has 3 heteroatoms. The highest BCUT2D eigenvalue weighted by Crippen LogP contribution is 2.71. The van der Waals surface area contributed by atoms with Gasteiger partial charge in [0, 0.05) is 19.1 Å². The lowest BCUT2D eigenvalue weighted by Crippen LogP contribution is -2.61. The lowest BCUT2D eigenvalue weighted by Gasteiger charge is -2.60. The number of rotatable bonds is 3. The first kappa shape index (κ1) is 8.48. The second-order valence-electron chi connectivity index (χ2n) is 4.61. The zero-order chi connectivity index (χ0) is 9.81. The summed E-state index contributed by atoms with van der Waals surface area (Å²) in [6, 6.07) is 0. The van der Waals surface area contributed by atoms with Gasteiger partial charge in [-0.05, 0) is 18.8 Å². The Bertz CT molecular complexity index is 322. The average Bonchev–Trinajstić information content (AvgIpc) is 2.44. The van der Waals surface area contributed by atoms with Crippen LogP contribution in [0.15, 0.2) is 12.2 Å². The van der Waals surface area contributed by atoms with Gasteiger partial charge in [-0.3, -0.25) is 4.79 Å². The number of hydrogen-bond donors (Lipinski definition) is 0. The van der Waals surface area contributed by atoms with Crippen LogP contribution in [0.4, 0.5) is 0 Å². The van der Waals surface area contributed by atoms with Crippen LogP contribution in [-0.2, 0) is 14.3 Å². The summed E-state index contributed by atoms with van der Waals surface area (Å²) < 4.78 is 10.3. The van der Waals surface area contributed by atoms with Gasteiger partial charge in [0.1, 0.15) is 6.61 Å². The van der Waals surface area contributed by atoms with Gasteiger partial charge in [-0.25, -0.2) is 0 Å². The summed E-state index contributed by atoms with van der Waals surface area (Å²) >= 11 is 0. The number of ether oxygens (including phenoxy) is 2. The van der Waals surface area contributed by atoms with Gasteiger partial charge in [0.15, 0.2) is 0 Å². The average molecular weight is 194 g/mol. The molecule has 0 aromatic carbocycles. The minimum atomic E-state index is -0.234. The van der Waals surface area contributed by atoms with Crippen molar-refractivity contribution in [2.24, 2.45) is 16.7 Å². The van der Waals surface area contributed by atoms with Crippen molar-refractivity contribution in [2.75, 3.05) is 20.3 Å². The number of carbonyl (C=O) groups is 1. The predicted octanol–water partition coefficient (Wildman–Crippen LogP) is 1.14. The van der Waals surface area contributed by atoms with E-state index in [2.05, 4.69) is 12.2 Å². The molecule has 3 aliphatic rings. The highest BCUT2D eigenvalue weighted by atomic mass is 16.5. The van der Waals surface area contributed by atoms with Crippen LogP contribution in [0.5, 0.6) is 0 Å². The summed E-state index contributed by atoms with van der Waals surface area (Å²) in [6.45, 7) is 1.24. The molecule has 3 nitrogen and oxygen atoms in total. The summed E-state index contributed by atoms with van der Waals surface area (Å²) in [5.74, 6) is 0.584. The number of hydrogen-bond acceptors (Lipinski definition) is 3. The van der Waals surface area contributed by atoms with Gasteiger partial charge in [-0.15, -0.1) is 0 Å². The predicted molar refractivity (Wildman–Crippen MR) is 49.6 cm³/mol. The Kier molecular flexibility index (Phi) is 1.45. The van der Waals surface area contributed by atoms with Crippen LogP contribution in [0.25, 0.3) is 0 Å². The Morgan fingerprint density at radius 2 is 2.57 bits per heavy atom. The number of esters is 1. The highest BCUT2D eigenvalue weighted by molar-refractivity contribution is 5.84. The van der Waals surface area contributed by atoms with E-state index in [9.17, 15) is 4.79 Å². The van der Waals surface area contributed by atoms with Gasteiger partial charge in [0.2, 0.25) is 0 Å². The molecule has 0 bridgehead atoms. The molecule has 0 aromatic rings. The normalized spacial score (nSPS) is 47.5. The first-order chi connectivity index (χ1) is 6.75. The molecule has 0 radical (unpaired) electrons. The van der Waals surface area contributed by atoms with Crippen LogP contribution in [0, 0.1) is 16.7 Å². The van der Waals surface area contributed by atoms with Gasteiger partial charge >= 0.3 is 5.97 Å². The minimum absolute atomic E-state index is 0.00449. The molecule has 14 heavy (non-hydrogen) atoms. The zero-order valence-corrected chi connectivity index (χ0v) is 8.29. The fourth-order valence-corrected chi connectivity index (χ4v) is 3.27. The molecule has 0 N–H and O–H groups in total. The highest BCUT2D eigenvalue weighted by Gasteiger charge is 2.74. The Labute approximate surface area is 83.1 Å². The molecule has 2 aliphatic carbocycles. The van der Waals surface area contributed by atoms with Crippen molar-refractivity contribution in [3.63, 3.8) is 0 Å². The van der Waals surface area contributed by atoms with E-state index in [0.29, 0.717) is 19.1 Å². The first-order valence-electron chi connectivity index (χ1n) is 5.11. The van der Waals surface area contributed by atoms with Gasteiger partial charge in [-0.1, -0.05) is 12.2 Å². The smallest absolute Gasteiger partial charge is 0.313 e. The second kappa shape index (κ2) is 2.40. The molecular formula is C11H14O3. The molecule has 3 rings (SSSR count). The number of allylic oxidation sites excluding steroid dienone is 1. The van der Waals surface area contributed by atoms with Crippen LogP contribution in [0.3, 0.4) is 0 Å². The fourth-order valence-electron chi connectivity index (χ4n) is 3.27. The lowest BCUT2D eigenvalue weighted by atomic mass is 9.39. The third-order valence-corrected chi connectivity index (χ3v) is 4.31. The second-order valence-corrected chi connectivity index (χ2v) is 4.61. The molecule has 1 heterocycles. The van der Waals surface area contributed by atoms with E-state index in [4.69, 9.17) is 9.47 Å². The van der Waals surface area contributed by atoms with Crippen LogP contribution < -0.4 is 0 Å². The van der Waals surface area contributed by atoms with Crippen molar-refractivity contribution in [3.8, 4) is 0 Å². The van der Waals surface area contributed by atoms with Crippen molar-refractivity contribution < 1.29 is 14.3 Å². The van der Waals surface area contributed by atoms with Crippen LogP contribution in [0.1, 0.15) is 12.8 Å². The third-order valence-electron chi connectivity index (χ3n) is 4.31. The summed E-state index contributed by atoms with van der Waals surface area (Å²) in [4.78, 5) is 11.7. The summed E-state index contributed by atoms with van der Waals surface area (Å²) in [5.41, 5.74) is -0.176. The van der Waals surface area contributed by atoms with E-state index >= 15 is 0 Å². The van der Waals surface area contributed by atoms with Crippen molar-refractivity contribution in [3.05, 3.63) is 12.2 Å². The summed E-state index contributed by atoms with van der Waals surface area (Å²) in [7, 11) is 1.68. The lowest BCUT2D eigenvalue weighted by molar-refractivity contribution is -0.158. The molecule has 1 saturated heterocycles. The van der Waals surface area contributed by atoms with Crippen molar-refractivity contribution in [1.82, 2.24) is 0 Å². The van der Waals surface area contributed by atoms with Gasteiger partial charge in [-0.2, -0.15) is 0 Å². The van der Waals surface area contributed by atoms with Gasteiger partial charge < -0.3 is 9.47 Å². The number of carbonyl (C=O) groups excluding carboxylic acids is 1. The maximum Gasteiger partial charge on any atom is 0.313 e. The van der Waals surface area contributed by atoms with Gasteiger partial charge in [0.05, 0.1) is 5.41 Å². The molecule has 0 aromatic heterocycles. The molecular weight excluding hydrogens is 180 g/mol. The monoisotopic (exact) mass is 194 g/mol. The summed E-state index contributed by atoms with van der Waals surface area (Å²) in [6.07, 6.45) is 6.14. The Morgan fingerprint density at radius 3 is 3.14 bits per heavy atom. The fraction of sp³-hybridized carbons (Fsp3) is 0.727. The van der Waals surface area contributed by atoms with Gasteiger partial charge in [0.25, 0.3) is 0 Å². The van der Waals surface area contributed by atoms with E-state index in [-0.39, 0.29) is 16.8 Å². The minimum Gasteiger partial charge on any atom is -0.464 e.